The Morgan fingerprint density at radius 3 is 2.09 bits per heavy atom. The van der Waals surface area contributed by atoms with Gasteiger partial charge < -0.3 is 19.6 Å². The minimum absolute atomic E-state index is 0.0854. The van der Waals surface area contributed by atoms with E-state index in [1.54, 1.807) is 12.1 Å². The van der Waals surface area contributed by atoms with E-state index in [0.717, 1.165) is 46.6 Å². The van der Waals surface area contributed by atoms with Crippen LogP contribution in [0.1, 0.15) is 55.2 Å². The third kappa shape index (κ3) is 2.91. The zero-order valence-electron chi connectivity index (χ0n) is 17.4. The van der Waals surface area contributed by atoms with E-state index in [1.807, 2.05) is 41.3 Å². The number of nitrogens with zero attached hydrogens (tertiary/aromatic N) is 2. The maximum atomic E-state index is 12.7. The van der Waals surface area contributed by atoms with Crippen molar-refractivity contribution in [3.63, 3.8) is 0 Å². The monoisotopic (exact) mass is 426 g/mol. The van der Waals surface area contributed by atoms with Crippen molar-refractivity contribution >= 4 is 17.6 Å². The molecule has 1 saturated heterocycles. The summed E-state index contributed by atoms with van der Waals surface area (Å²) in [6.45, 7) is 2.94. The van der Waals surface area contributed by atoms with Crippen LogP contribution < -0.4 is 4.90 Å². The number of hydrogen-bond donors (Lipinski definition) is 1. The molecular formula is C26H22N2O4. The van der Waals surface area contributed by atoms with Gasteiger partial charge in [0.1, 0.15) is 12.2 Å². The summed E-state index contributed by atoms with van der Waals surface area (Å²) in [4.78, 5) is 28.3. The second-order valence-corrected chi connectivity index (χ2v) is 8.50. The van der Waals surface area contributed by atoms with Crippen LogP contribution in [-0.2, 0) is 4.74 Å². The number of aromatic carboxylic acids is 1. The summed E-state index contributed by atoms with van der Waals surface area (Å²) in [5.41, 5.74) is 6.46. The molecule has 2 atom stereocenters. The van der Waals surface area contributed by atoms with Crippen molar-refractivity contribution in [2.24, 2.45) is 0 Å². The standard InChI is InChI=1S/C26H22N2O4/c29-25(16-4-2-1-3-5-16)28-12-10-27(11-13-28)18-7-9-20-22(15-18)24-19-8-6-17(26(30)31)14-21(19)23(20)32-24/h1-9,14-15,23-24H,10-13H2,(H,30,31). The Bertz CT molecular complexity index is 1230. The van der Waals surface area contributed by atoms with Crippen LogP contribution in [-0.4, -0.2) is 48.1 Å². The van der Waals surface area contributed by atoms with Gasteiger partial charge in [-0.2, -0.15) is 0 Å². The number of hydrogen-bond acceptors (Lipinski definition) is 4. The van der Waals surface area contributed by atoms with Gasteiger partial charge >= 0.3 is 5.97 Å². The molecule has 6 rings (SSSR count). The van der Waals surface area contributed by atoms with Crippen LogP contribution in [0.5, 0.6) is 0 Å². The van der Waals surface area contributed by atoms with E-state index in [-0.39, 0.29) is 18.1 Å². The fraction of sp³-hybridized carbons (Fsp3) is 0.231. The first-order valence-corrected chi connectivity index (χ1v) is 10.9. The predicted octanol–water partition coefficient (Wildman–Crippen LogP) is 3.87. The van der Waals surface area contributed by atoms with Gasteiger partial charge in [0, 0.05) is 37.4 Å². The van der Waals surface area contributed by atoms with E-state index >= 15 is 0 Å². The van der Waals surface area contributed by atoms with Crippen molar-refractivity contribution in [2.45, 2.75) is 12.2 Å². The quantitative estimate of drug-likeness (QED) is 0.689. The number of ether oxygens (including phenoxy) is 1. The largest absolute Gasteiger partial charge is 0.478 e. The Hall–Kier alpha value is -3.64. The molecule has 1 fully saturated rings. The number of rotatable bonds is 3. The third-order valence-electron chi connectivity index (χ3n) is 6.76. The molecular weight excluding hydrogens is 404 g/mol. The predicted molar refractivity (Wildman–Crippen MR) is 119 cm³/mol. The normalized spacial score (nSPS) is 20.8. The average Bonchev–Trinajstić information content (AvgIpc) is 3.41. The summed E-state index contributed by atoms with van der Waals surface area (Å²) in [6, 6.07) is 21.1. The SMILES string of the molecule is O=C(O)c1ccc2c(c1)C1OC2c2cc(N3CCN(C(=O)c4ccccc4)CC3)ccc21. The van der Waals surface area contributed by atoms with E-state index in [1.165, 1.54) is 0 Å². The van der Waals surface area contributed by atoms with Crippen LogP contribution in [0.4, 0.5) is 5.69 Å². The van der Waals surface area contributed by atoms with Gasteiger partial charge in [0.15, 0.2) is 0 Å². The van der Waals surface area contributed by atoms with Gasteiger partial charge in [-0.25, -0.2) is 4.79 Å². The van der Waals surface area contributed by atoms with Gasteiger partial charge in [-0.05, 0) is 58.7 Å². The molecule has 160 valence electrons. The summed E-state index contributed by atoms with van der Waals surface area (Å²) >= 11 is 0. The van der Waals surface area contributed by atoms with Crippen molar-refractivity contribution < 1.29 is 19.4 Å². The molecule has 6 nitrogen and oxygen atoms in total. The number of carbonyl (C=O) groups is 2. The molecule has 1 amide bonds. The average molecular weight is 426 g/mol. The highest BCUT2D eigenvalue weighted by atomic mass is 16.5. The van der Waals surface area contributed by atoms with E-state index in [2.05, 4.69) is 23.1 Å². The number of benzene rings is 3. The third-order valence-corrected chi connectivity index (χ3v) is 6.76. The molecule has 3 heterocycles. The lowest BCUT2D eigenvalue weighted by Gasteiger charge is -2.36. The Balaban J connectivity index is 1.20. The summed E-state index contributed by atoms with van der Waals surface area (Å²) in [7, 11) is 0. The lowest BCUT2D eigenvalue weighted by Crippen LogP contribution is -2.48. The minimum Gasteiger partial charge on any atom is -0.478 e. The van der Waals surface area contributed by atoms with Crippen LogP contribution >= 0.6 is 0 Å². The van der Waals surface area contributed by atoms with E-state index < -0.39 is 5.97 Å². The highest BCUT2D eigenvalue weighted by Gasteiger charge is 2.43. The molecule has 0 aromatic heterocycles. The molecule has 6 heteroatoms. The molecule has 2 bridgehead atoms. The first-order valence-electron chi connectivity index (χ1n) is 10.9. The molecule has 0 saturated carbocycles. The highest BCUT2D eigenvalue weighted by Crippen LogP contribution is 2.54. The van der Waals surface area contributed by atoms with Crippen LogP contribution in [0.15, 0.2) is 66.7 Å². The van der Waals surface area contributed by atoms with Crippen LogP contribution in [0, 0.1) is 0 Å². The molecule has 2 unspecified atom stereocenters. The maximum absolute atomic E-state index is 12.7. The number of fused-ring (bicyclic) bond motifs is 8. The molecule has 3 aromatic carbocycles. The summed E-state index contributed by atoms with van der Waals surface area (Å²) in [5.74, 6) is -0.835. The van der Waals surface area contributed by atoms with Crippen molar-refractivity contribution in [3.05, 3.63) is 100 Å². The number of carboxylic acids is 1. The maximum Gasteiger partial charge on any atom is 0.335 e. The number of carbonyl (C=O) groups excluding carboxylic acids is 1. The topological polar surface area (TPSA) is 70.1 Å². The van der Waals surface area contributed by atoms with E-state index in [9.17, 15) is 14.7 Å². The lowest BCUT2D eigenvalue weighted by molar-refractivity contribution is 0.0695. The molecule has 3 aliphatic heterocycles. The van der Waals surface area contributed by atoms with Crippen molar-refractivity contribution in [3.8, 4) is 0 Å². The lowest BCUT2D eigenvalue weighted by atomic mass is 9.85. The zero-order chi connectivity index (χ0) is 21.8. The first-order chi connectivity index (χ1) is 15.6. The second kappa shape index (κ2) is 7.21. The van der Waals surface area contributed by atoms with Crippen molar-refractivity contribution in [1.29, 1.82) is 0 Å². The highest BCUT2D eigenvalue weighted by molar-refractivity contribution is 5.94. The molecule has 3 aromatic rings. The van der Waals surface area contributed by atoms with Gasteiger partial charge in [0.05, 0.1) is 5.56 Å². The van der Waals surface area contributed by atoms with Gasteiger partial charge in [0.25, 0.3) is 5.91 Å². The summed E-state index contributed by atoms with van der Waals surface area (Å²) in [5, 5.41) is 9.31. The molecule has 32 heavy (non-hydrogen) atoms. The second-order valence-electron chi connectivity index (χ2n) is 8.50. The van der Waals surface area contributed by atoms with Crippen LogP contribution in [0.2, 0.25) is 0 Å². The van der Waals surface area contributed by atoms with E-state index in [4.69, 9.17) is 4.74 Å². The Labute approximate surface area is 185 Å². The molecule has 0 radical (unpaired) electrons. The smallest absolute Gasteiger partial charge is 0.335 e. The van der Waals surface area contributed by atoms with Gasteiger partial charge in [-0.15, -0.1) is 0 Å². The Morgan fingerprint density at radius 1 is 0.750 bits per heavy atom. The fourth-order valence-electron chi connectivity index (χ4n) is 5.09. The van der Waals surface area contributed by atoms with Gasteiger partial charge in [-0.1, -0.05) is 30.3 Å². The molecule has 0 aliphatic carbocycles. The minimum atomic E-state index is -0.920. The number of amides is 1. The van der Waals surface area contributed by atoms with Crippen molar-refractivity contribution in [1.82, 2.24) is 4.90 Å². The molecule has 1 N–H and O–H groups in total. The first kappa shape index (κ1) is 19.1. The molecule has 0 spiro atoms. The number of carboxylic acid groups (broad SMARTS) is 1. The number of anilines is 1. The Morgan fingerprint density at radius 2 is 1.41 bits per heavy atom. The number of piperazine rings is 1. The van der Waals surface area contributed by atoms with Crippen molar-refractivity contribution in [2.75, 3.05) is 31.1 Å². The van der Waals surface area contributed by atoms with Gasteiger partial charge in [-0.3, -0.25) is 4.79 Å². The van der Waals surface area contributed by atoms with E-state index in [0.29, 0.717) is 18.7 Å². The van der Waals surface area contributed by atoms with Gasteiger partial charge in [0.2, 0.25) is 0 Å². The zero-order valence-corrected chi connectivity index (χ0v) is 17.4. The molecule has 3 aliphatic rings. The van der Waals surface area contributed by atoms with Crippen LogP contribution in [0.25, 0.3) is 0 Å². The summed E-state index contributed by atoms with van der Waals surface area (Å²) in [6.07, 6.45) is -0.340. The fourth-order valence-corrected chi connectivity index (χ4v) is 5.09. The summed E-state index contributed by atoms with van der Waals surface area (Å²) < 4.78 is 6.22. The Kier molecular flexibility index (Phi) is 4.30. The van der Waals surface area contributed by atoms with Crippen LogP contribution in [0.3, 0.4) is 0 Å².